The molecule has 2 rings (SSSR count). The van der Waals surface area contributed by atoms with Crippen LogP contribution in [0.25, 0.3) is 11.1 Å². The molecule has 0 radical (unpaired) electrons. The SMILES string of the molecule is COCCc1ccc(-c2cc(C=O)ccc2F)cc1. The molecule has 0 aromatic heterocycles. The summed E-state index contributed by atoms with van der Waals surface area (Å²) in [4.78, 5) is 10.7. The van der Waals surface area contributed by atoms with E-state index in [0.29, 0.717) is 17.7 Å². The van der Waals surface area contributed by atoms with Crippen molar-refractivity contribution < 1.29 is 13.9 Å². The van der Waals surface area contributed by atoms with Crippen LogP contribution in [-0.2, 0) is 11.2 Å². The second-order valence-corrected chi connectivity index (χ2v) is 4.30. The maximum absolute atomic E-state index is 13.8. The minimum atomic E-state index is -0.324. The first kappa shape index (κ1) is 13.4. The van der Waals surface area contributed by atoms with E-state index in [9.17, 15) is 9.18 Å². The third-order valence-electron chi connectivity index (χ3n) is 2.99. The third kappa shape index (κ3) is 3.26. The Balaban J connectivity index is 2.28. The van der Waals surface area contributed by atoms with E-state index in [1.54, 1.807) is 13.2 Å². The van der Waals surface area contributed by atoms with Crippen LogP contribution in [0.5, 0.6) is 0 Å². The van der Waals surface area contributed by atoms with Gasteiger partial charge < -0.3 is 4.74 Å². The lowest BCUT2D eigenvalue weighted by Crippen LogP contribution is -1.94. The molecule has 0 amide bonds. The average molecular weight is 258 g/mol. The van der Waals surface area contributed by atoms with Crippen molar-refractivity contribution >= 4 is 6.29 Å². The van der Waals surface area contributed by atoms with Crippen molar-refractivity contribution in [2.24, 2.45) is 0 Å². The highest BCUT2D eigenvalue weighted by molar-refractivity contribution is 5.79. The molecule has 3 heteroatoms. The molecular weight excluding hydrogens is 243 g/mol. The molecule has 19 heavy (non-hydrogen) atoms. The van der Waals surface area contributed by atoms with Gasteiger partial charge in [0.25, 0.3) is 0 Å². The molecule has 0 saturated carbocycles. The molecule has 0 spiro atoms. The van der Waals surface area contributed by atoms with Crippen molar-refractivity contribution in [1.82, 2.24) is 0 Å². The summed E-state index contributed by atoms with van der Waals surface area (Å²) < 4.78 is 18.8. The van der Waals surface area contributed by atoms with Crippen LogP contribution in [0.3, 0.4) is 0 Å². The molecule has 0 unspecified atom stereocenters. The third-order valence-corrected chi connectivity index (χ3v) is 2.99. The predicted molar refractivity (Wildman–Crippen MR) is 72.8 cm³/mol. The van der Waals surface area contributed by atoms with Crippen molar-refractivity contribution in [2.45, 2.75) is 6.42 Å². The van der Waals surface area contributed by atoms with Gasteiger partial charge in [0.15, 0.2) is 0 Å². The summed E-state index contributed by atoms with van der Waals surface area (Å²) in [5, 5.41) is 0. The number of ether oxygens (including phenoxy) is 1. The minimum absolute atomic E-state index is 0.324. The van der Waals surface area contributed by atoms with Gasteiger partial charge in [0.2, 0.25) is 0 Å². The van der Waals surface area contributed by atoms with E-state index >= 15 is 0 Å². The van der Waals surface area contributed by atoms with Crippen LogP contribution in [0.2, 0.25) is 0 Å². The zero-order chi connectivity index (χ0) is 13.7. The quantitative estimate of drug-likeness (QED) is 0.767. The number of aldehydes is 1. The number of halogens is 1. The lowest BCUT2D eigenvalue weighted by molar-refractivity contribution is 0.112. The van der Waals surface area contributed by atoms with Gasteiger partial charge in [0.05, 0.1) is 6.61 Å². The first-order valence-electron chi connectivity index (χ1n) is 6.07. The molecule has 0 fully saturated rings. The number of hydrogen-bond donors (Lipinski definition) is 0. The molecule has 2 aromatic carbocycles. The van der Waals surface area contributed by atoms with Crippen molar-refractivity contribution in [3.05, 3.63) is 59.4 Å². The summed E-state index contributed by atoms with van der Waals surface area (Å²) in [6.45, 7) is 0.661. The fourth-order valence-corrected chi connectivity index (χ4v) is 1.91. The Hall–Kier alpha value is -2.00. The van der Waals surface area contributed by atoms with Crippen LogP contribution >= 0.6 is 0 Å². The van der Waals surface area contributed by atoms with E-state index in [4.69, 9.17) is 4.74 Å². The van der Waals surface area contributed by atoms with E-state index < -0.39 is 0 Å². The largest absolute Gasteiger partial charge is 0.384 e. The molecule has 0 aliphatic rings. The fourth-order valence-electron chi connectivity index (χ4n) is 1.91. The molecule has 98 valence electrons. The summed E-state index contributed by atoms with van der Waals surface area (Å²) >= 11 is 0. The van der Waals surface area contributed by atoms with Gasteiger partial charge in [-0.3, -0.25) is 4.79 Å². The van der Waals surface area contributed by atoms with E-state index in [1.807, 2.05) is 24.3 Å². The van der Waals surface area contributed by atoms with E-state index in [-0.39, 0.29) is 5.82 Å². The Labute approximate surface area is 111 Å². The fraction of sp³-hybridized carbons (Fsp3) is 0.188. The zero-order valence-corrected chi connectivity index (χ0v) is 10.7. The van der Waals surface area contributed by atoms with Gasteiger partial charge in [0.1, 0.15) is 12.1 Å². The van der Waals surface area contributed by atoms with Crippen LogP contribution in [0.15, 0.2) is 42.5 Å². The van der Waals surface area contributed by atoms with Gasteiger partial charge in [-0.05, 0) is 35.7 Å². The monoisotopic (exact) mass is 258 g/mol. The van der Waals surface area contributed by atoms with E-state index in [0.717, 1.165) is 23.8 Å². The Kier molecular flexibility index (Phi) is 4.42. The lowest BCUT2D eigenvalue weighted by atomic mass is 10.0. The number of rotatable bonds is 5. The van der Waals surface area contributed by atoms with Gasteiger partial charge in [0, 0.05) is 18.2 Å². The normalized spacial score (nSPS) is 10.4. The molecule has 0 N–H and O–H groups in total. The van der Waals surface area contributed by atoms with Gasteiger partial charge in [-0.2, -0.15) is 0 Å². The number of carbonyl (C=O) groups excluding carboxylic acids is 1. The Morgan fingerprint density at radius 3 is 2.53 bits per heavy atom. The summed E-state index contributed by atoms with van der Waals surface area (Å²) in [5.74, 6) is -0.324. The molecule has 0 heterocycles. The Morgan fingerprint density at radius 1 is 1.16 bits per heavy atom. The molecule has 0 atom stereocenters. The van der Waals surface area contributed by atoms with Crippen LogP contribution in [-0.4, -0.2) is 20.0 Å². The Bertz CT molecular complexity index is 561. The minimum Gasteiger partial charge on any atom is -0.384 e. The average Bonchev–Trinajstić information content (AvgIpc) is 2.46. The smallest absolute Gasteiger partial charge is 0.150 e. The summed E-state index contributed by atoms with van der Waals surface area (Å²) in [7, 11) is 1.66. The number of benzene rings is 2. The topological polar surface area (TPSA) is 26.3 Å². The van der Waals surface area contributed by atoms with Crippen molar-refractivity contribution in [3.8, 4) is 11.1 Å². The Morgan fingerprint density at radius 2 is 1.89 bits per heavy atom. The van der Waals surface area contributed by atoms with E-state index in [1.165, 1.54) is 12.1 Å². The van der Waals surface area contributed by atoms with Crippen molar-refractivity contribution in [3.63, 3.8) is 0 Å². The summed E-state index contributed by atoms with van der Waals surface area (Å²) in [6, 6.07) is 12.0. The molecule has 0 saturated heterocycles. The van der Waals surface area contributed by atoms with Crippen molar-refractivity contribution in [1.29, 1.82) is 0 Å². The number of hydrogen-bond acceptors (Lipinski definition) is 2. The van der Waals surface area contributed by atoms with Crippen molar-refractivity contribution in [2.75, 3.05) is 13.7 Å². The molecule has 0 aliphatic heterocycles. The van der Waals surface area contributed by atoms with Gasteiger partial charge in [-0.15, -0.1) is 0 Å². The second-order valence-electron chi connectivity index (χ2n) is 4.30. The molecule has 0 bridgehead atoms. The summed E-state index contributed by atoms with van der Waals surface area (Å²) in [6.07, 6.45) is 1.55. The van der Waals surface area contributed by atoms with Gasteiger partial charge >= 0.3 is 0 Å². The van der Waals surface area contributed by atoms with Crippen LogP contribution in [0, 0.1) is 5.82 Å². The highest BCUT2D eigenvalue weighted by Crippen LogP contribution is 2.24. The first-order chi connectivity index (χ1) is 9.24. The number of carbonyl (C=O) groups is 1. The maximum atomic E-state index is 13.8. The highest BCUT2D eigenvalue weighted by atomic mass is 19.1. The second kappa shape index (κ2) is 6.25. The van der Waals surface area contributed by atoms with Crippen LogP contribution in [0.4, 0.5) is 4.39 Å². The van der Waals surface area contributed by atoms with Gasteiger partial charge in [-0.25, -0.2) is 4.39 Å². The molecular formula is C16H15FO2. The highest BCUT2D eigenvalue weighted by Gasteiger charge is 2.06. The van der Waals surface area contributed by atoms with Gasteiger partial charge in [-0.1, -0.05) is 24.3 Å². The molecule has 0 aliphatic carbocycles. The predicted octanol–water partition coefficient (Wildman–Crippen LogP) is 3.49. The lowest BCUT2D eigenvalue weighted by Gasteiger charge is -2.06. The standard InChI is InChI=1S/C16H15FO2/c1-19-9-8-12-2-5-14(6-3-12)15-10-13(11-18)4-7-16(15)17/h2-7,10-11H,8-9H2,1H3. The summed E-state index contributed by atoms with van der Waals surface area (Å²) in [5.41, 5.74) is 2.82. The van der Waals surface area contributed by atoms with E-state index in [2.05, 4.69) is 0 Å². The molecule has 2 nitrogen and oxygen atoms in total. The van der Waals surface area contributed by atoms with Crippen LogP contribution < -0.4 is 0 Å². The number of methoxy groups -OCH3 is 1. The zero-order valence-electron chi connectivity index (χ0n) is 10.7. The molecule has 2 aromatic rings. The first-order valence-corrected chi connectivity index (χ1v) is 6.07. The van der Waals surface area contributed by atoms with Crippen LogP contribution in [0.1, 0.15) is 15.9 Å². The maximum Gasteiger partial charge on any atom is 0.150 e.